The van der Waals surface area contributed by atoms with Crippen molar-refractivity contribution < 1.29 is 14.3 Å². The maximum absolute atomic E-state index is 11.8. The van der Waals surface area contributed by atoms with Crippen LogP contribution in [-0.4, -0.2) is 55.2 Å². The average Bonchev–Trinajstić information content (AvgIpc) is 2.84. The molecule has 0 bridgehead atoms. The summed E-state index contributed by atoms with van der Waals surface area (Å²) in [6, 6.07) is 0. The first-order chi connectivity index (χ1) is 8.95. The van der Waals surface area contributed by atoms with Crippen LogP contribution in [0.2, 0.25) is 0 Å². The number of amides is 2. The Balaban J connectivity index is 1.89. The Bertz CT molecular complexity index is 370. The summed E-state index contributed by atoms with van der Waals surface area (Å²) >= 11 is 0. The van der Waals surface area contributed by atoms with Crippen molar-refractivity contribution in [2.75, 3.05) is 32.8 Å². The number of nitrogens with zero attached hydrogens (tertiary/aromatic N) is 1. The van der Waals surface area contributed by atoms with Crippen molar-refractivity contribution >= 4 is 12.0 Å². The van der Waals surface area contributed by atoms with E-state index in [4.69, 9.17) is 4.74 Å². The second-order valence-electron chi connectivity index (χ2n) is 5.83. The van der Waals surface area contributed by atoms with Gasteiger partial charge < -0.3 is 10.1 Å². The molecule has 2 aliphatic rings. The average molecular weight is 269 g/mol. The van der Waals surface area contributed by atoms with Crippen LogP contribution in [-0.2, 0) is 9.53 Å². The van der Waals surface area contributed by atoms with Gasteiger partial charge in [-0.25, -0.2) is 4.79 Å². The summed E-state index contributed by atoms with van der Waals surface area (Å²) in [5.74, 6) is 0.882. The van der Waals surface area contributed by atoms with Crippen molar-refractivity contribution in [3.63, 3.8) is 0 Å². The molecule has 0 aliphatic carbocycles. The molecule has 2 rings (SSSR count). The Morgan fingerprint density at radius 1 is 1.42 bits per heavy atom. The molecule has 0 aromatic carbocycles. The van der Waals surface area contributed by atoms with Gasteiger partial charge in [0.2, 0.25) is 5.91 Å². The summed E-state index contributed by atoms with van der Waals surface area (Å²) in [5.41, 5.74) is -0.0137. The lowest BCUT2D eigenvalue weighted by Crippen LogP contribution is -2.49. The third kappa shape index (κ3) is 2.90. The molecule has 2 heterocycles. The Morgan fingerprint density at radius 3 is 2.79 bits per heavy atom. The Kier molecular flexibility index (Phi) is 4.10. The Labute approximate surface area is 113 Å². The van der Waals surface area contributed by atoms with E-state index in [9.17, 15) is 9.59 Å². The number of carbonyl (C=O) groups excluding carboxylic acids is 2. The number of nitrogens with one attached hydrogen (secondary N) is 2. The number of ether oxygens (including phenoxy) is 1. The van der Waals surface area contributed by atoms with Gasteiger partial charge in [0.25, 0.3) is 0 Å². The van der Waals surface area contributed by atoms with E-state index in [-0.39, 0.29) is 24.6 Å². The van der Waals surface area contributed by atoms with E-state index in [1.807, 2.05) is 0 Å². The summed E-state index contributed by atoms with van der Waals surface area (Å²) in [7, 11) is 0. The van der Waals surface area contributed by atoms with Gasteiger partial charge in [0, 0.05) is 18.6 Å². The summed E-state index contributed by atoms with van der Waals surface area (Å²) in [6.45, 7) is 9.49. The van der Waals surface area contributed by atoms with Crippen molar-refractivity contribution in [1.82, 2.24) is 15.5 Å². The highest BCUT2D eigenvalue weighted by Gasteiger charge is 2.49. The number of fused-ring (bicyclic) bond motifs is 1. The number of hydrogen-bond donors (Lipinski definition) is 2. The molecule has 2 fully saturated rings. The summed E-state index contributed by atoms with van der Waals surface area (Å²) < 4.78 is 4.70. The van der Waals surface area contributed by atoms with Gasteiger partial charge in [0.05, 0.1) is 13.2 Å². The second-order valence-corrected chi connectivity index (χ2v) is 5.83. The van der Waals surface area contributed by atoms with Crippen LogP contribution in [0.25, 0.3) is 0 Å². The van der Waals surface area contributed by atoms with Crippen molar-refractivity contribution in [2.45, 2.75) is 26.3 Å². The fraction of sp³-hybridized carbons (Fsp3) is 0.846. The quantitative estimate of drug-likeness (QED) is 0.765. The zero-order valence-electron chi connectivity index (χ0n) is 11.9. The highest BCUT2D eigenvalue weighted by Crippen LogP contribution is 2.40. The van der Waals surface area contributed by atoms with E-state index in [2.05, 4.69) is 29.4 Å². The lowest BCUT2D eigenvalue weighted by Gasteiger charge is -2.35. The molecule has 2 amide bonds. The molecule has 2 atom stereocenters. The molecule has 0 saturated carbocycles. The molecule has 0 aromatic rings. The highest BCUT2D eigenvalue weighted by molar-refractivity contribution is 5.92. The number of hydrogen-bond acceptors (Lipinski definition) is 5. The zero-order valence-corrected chi connectivity index (χ0v) is 11.9. The molecule has 2 aliphatic heterocycles. The minimum absolute atomic E-state index is 0.0137. The van der Waals surface area contributed by atoms with Crippen LogP contribution in [0.1, 0.15) is 20.8 Å². The fourth-order valence-electron chi connectivity index (χ4n) is 3.27. The van der Waals surface area contributed by atoms with E-state index in [1.54, 1.807) is 6.92 Å². The molecule has 6 nitrogen and oxygen atoms in total. The smallest absolute Gasteiger partial charge is 0.413 e. The standard InChI is InChI=1S/C13H23N3O3/c1-4-19-12(18)15-11(17)8-16-7-9-5-14-6-10(9)13(16,2)3/h9-10,14H,4-8H2,1-3H3,(H,15,17,18). The van der Waals surface area contributed by atoms with E-state index in [0.717, 1.165) is 19.6 Å². The van der Waals surface area contributed by atoms with Gasteiger partial charge >= 0.3 is 6.09 Å². The normalized spacial score (nSPS) is 29.0. The van der Waals surface area contributed by atoms with Gasteiger partial charge in [-0.2, -0.15) is 0 Å². The number of carbonyl (C=O) groups is 2. The molecular formula is C13H23N3O3. The molecule has 19 heavy (non-hydrogen) atoms. The van der Waals surface area contributed by atoms with Crippen molar-refractivity contribution in [1.29, 1.82) is 0 Å². The predicted octanol–water partition coefficient (Wildman–Crippen LogP) is 0.189. The summed E-state index contributed by atoms with van der Waals surface area (Å²) in [5, 5.41) is 5.66. The predicted molar refractivity (Wildman–Crippen MR) is 70.7 cm³/mol. The third-order valence-corrected chi connectivity index (χ3v) is 4.37. The van der Waals surface area contributed by atoms with E-state index < -0.39 is 6.09 Å². The van der Waals surface area contributed by atoms with Crippen LogP contribution in [0.3, 0.4) is 0 Å². The molecule has 0 radical (unpaired) electrons. The highest BCUT2D eigenvalue weighted by atomic mass is 16.5. The SMILES string of the molecule is CCOC(=O)NC(=O)CN1CC2CNCC2C1(C)C. The minimum Gasteiger partial charge on any atom is -0.450 e. The number of alkyl carbamates (subject to hydrolysis) is 1. The van der Waals surface area contributed by atoms with Crippen molar-refractivity contribution in [3.05, 3.63) is 0 Å². The molecule has 0 aromatic heterocycles. The Hall–Kier alpha value is -1.14. The lowest BCUT2D eigenvalue weighted by atomic mass is 9.85. The van der Waals surface area contributed by atoms with Gasteiger partial charge in [-0.15, -0.1) is 0 Å². The van der Waals surface area contributed by atoms with E-state index in [1.165, 1.54) is 0 Å². The zero-order chi connectivity index (χ0) is 14.0. The van der Waals surface area contributed by atoms with Crippen molar-refractivity contribution in [2.24, 2.45) is 11.8 Å². The van der Waals surface area contributed by atoms with Crippen molar-refractivity contribution in [3.8, 4) is 0 Å². The first-order valence-electron chi connectivity index (χ1n) is 6.87. The maximum Gasteiger partial charge on any atom is 0.413 e. The molecule has 108 valence electrons. The first kappa shape index (κ1) is 14.3. The molecule has 6 heteroatoms. The second kappa shape index (κ2) is 5.46. The van der Waals surface area contributed by atoms with Gasteiger partial charge in [-0.1, -0.05) is 0 Å². The topological polar surface area (TPSA) is 70.7 Å². The lowest BCUT2D eigenvalue weighted by molar-refractivity contribution is -0.122. The maximum atomic E-state index is 11.8. The molecule has 2 unspecified atom stereocenters. The van der Waals surface area contributed by atoms with Crippen LogP contribution >= 0.6 is 0 Å². The third-order valence-electron chi connectivity index (χ3n) is 4.37. The number of rotatable bonds is 3. The van der Waals surface area contributed by atoms with Crippen LogP contribution in [0, 0.1) is 11.8 Å². The molecule has 2 N–H and O–H groups in total. The van der Waals surface area contributed by atoms with E-state index >= 15 is 0 Å². The van der Waals surface area contributed by atoms with Crippen LogP contribution in [0.15, 0.2) is 0 Å². The Morgan fingerprint density at radius 2 is 2.16 bits per heavy atom. The van der Waals surface area contributed by atoms with Gasteiger partial charge in [0.1, 0.15) is 0 Å². The van der Waals surface area contributed by atoms with Gasteiger partial charge in [0.15, 0.2) is 0 Å². The van der Waals surface area contributed by atoms with Gasteiger partial charge in [-0.05, 0) is 39.2 Å². The van der Waals surface area contributed by atoms with Crippen LogP contribution in [0.5, 0.6) is 0 Å². The molecule has 2 saturated heterocycles. The minimum atomic E-state index is -0.661. The summed E-state index contributed by atoms with van der Waals surface area (Å²) in [6.07, 6.45) is -0.661. The molecule has 0 spiro atoms. The number of imide groups is 1. The summed E-state index contributed by atoms with van der Waals surface area (Å²) in [4.78, 5) is 25.2. The largest absolute Gasteiger partial charge is 0.450 e. The van der Waals surface area contributed by atoms with Gasteiger partial charge in [-0.3, -0.25) is 15.0 Å². The molecular weight excluding hydrogens is 246 g/mol. The number of likely N-dealkylation sites (tertiary alicyclic amines) is 1. The fourth-order valence-corrected chi connectivity index (χ4v) is 3.27. The van der Waals surface area contributed by atoms with E-state index in [0.29, 0.717) is 11.8 Å². The van der Waals surface area contributed by atoms with Crippen LogP contribution in [0.4, 0.5) is 4.79 Å². The monoisotopic (exact) mass is 269 g/mol. The first-order valence-corrected chi connectivity index (χ1v) is 6.87. The van der Waals surface area contributed by atoms with Crippen LogP contribution < -0.4 is 10.6 Å².